The van der Waals surface area contributed by atoms with Gasteiger partial charge in [0, 0.05) is 11.6 Å². The maximum absolute atomic E-state index is 12.5. The topological polar surface area (TPSA) is 41.1 Å². The van der Waals surface area contributed by atoms with Crippen molar-refractivity contribution < 1.29 is 4.79 Å². The number of hydrogen-bond donors (Lipinski definition) is 2. The Kier molecular flexibility index (Phi) is 4.71. The van der Waals surface area contributed by atoms with E-state index in [9.17, 15) is 4.79 Å². The van der Waals surface area contributed by atoms with Crippen LogP contribution in [0.5, 0.6) is 0 Å². The molecule has 0 spiro atoms. The second-order valence-electron chi connectivity index (χ2n) is 5.04. The molecule has 1 saturated heterocycles. The highest BCUT2D eigenvalue weighted by Gasteiger charge is 2.40. The minimum atomic E-state index is -0.308. The van der Waals surface area contributed by atoms with E-state index in [1.165, 1.54) is 0 Å². The van der Waals surface area contributed by atoms with Crippen molar-refractivity contribution in [1.29, 1.82) is 0 Å². The first-order chi connectivity index (χ1) is 9.07. The molecule has 19 heavy (non-hydrogen) atoms. The van der Waals surface area contributed by atoms with Crippen molar-refractivity contribution >= 4 is 34.8 Å². The number of carbonyl (C=O) groups is 1. The summed E-state index contributed by atoms with van der Waals surface area (Å²) in [5.74, 6) is 0.0450. The minimum Gasteiger partial charge on any atom is -0.324 e. The van der Waals surface area contributed by atoms with E-state index < -0.39 is 0 Å². The van der Waals surface area contributed by atoms with E-state index >= 15 is 0 Å². The standard InChI is InChI=1S/C14H18Cl2N2O/c1-2-5-14(6-7-17-9-14)13(19)18-12-4-3-10(15)8-11(12)16/h3-4,8,17H,2,5-7,9H2,1H3,(H,18,19). The van der Waals surface area contributed by atoms with Gasteiger partial charge in [0.25, 0.3) is 0 Å². The molecule has 0 saturated carbocycles. The Bertz CT molecular complexity index is 471. The maximum atomic E-state index is 12.5. The molecule has 0 bridgehead atoms. The number of hydrogen-bond acceptors (Lipinski definition) is 2. The largest absolute Gasteiger partial charge is 0.324 e. The van der Waals surface area contributed by atoms with Crippen molar-refractivity contribution in [2.45, 2.75) is 26.2 Å². The lowest BCUT2D eigenvalue weighted by Gasteiger charge is -2.26. The van der Waals surface area contributed by atoms with Gasteiger partial charge in [-0.25, -0.2) is 0 Å². The van der Waals surface area contributed by atoms with Crippen molar-refractivity contribution in [2.24, 2.45) is 5.41 Å². The zero-order valence-corrected chi connectivity index (χ0v) is 12.4. The number of nitrogens with one attached hydrogen (secondary N) is 2. The van der Waals surface area contributed by atoms with E-state index in [2.05, 4.69) is 17.6 Å². The molecule has 1 unspecified atom stereocenters. The van der Waals surface area contributed by atoms with E-state index in [1.807, 2.05) is 0 Å². The average molecular weight is 301 g/mol. The summed E-state index contributed by atoms with van der Waals surface area (Å²) < 4.78 is 0. The van der Waals surface area contributed by atoms with Crippen LogP contribution >= 0.6 is 23.2 Å². The Hall–Kier alpha value is -0.770. The molecule has 1 heterocycles. The van der Waals surface area contributed by atoms with Crippen LogP contribution in [-0.2, 0) is 4.79 Å². The van der Waals surface area contributed by atoms with Gasteiger partial charge < -0.3 is 10.6 Å². The van der Waals surface area contributed by atoms with Crippen LogP contribution in [-0.4, -0.2) is 19.0 Å². The van der Waals surface area contributed by atoms with Gasteiger partial charge in [0.05, 0.1) is 16.1 Å². The van der Waals surface area contributed by atoms with Crippen LogP contribution < -0.4 is 10.6 Å². The highest BCUT2D eigenvalue weighted by atomic mass is 35.5. The summed E-state index contributed by atoms with van der Waals surface area (Å²) in [6.07, 6.45) is 2.75. The molecular weight excluding hydrogens is 283 g/mol. The highest BCUT2D eigenvalue weighted by molar-refractivity contribution is 6.36. The average Bonchev–Trinajstić information content (AvgIpc) is 2.83. The molecule has 3 nitrogen and oxygen atoms in total. The molecule has 1 aliphatic heterocycles. The van der Waals surface area contributed by atoms with Crippen LogP contribution in [0.1, 0.15) is 26.2 Å². The van der Waals surface area contributed by atoms with E-state index in [1.54, 1.807) is 18.2 Å². The molecule has 2 rings (SSSR count). The molecule has 1 aliphatic rings. The molecule has 0 radical (unpaired) electrons. The van der Waals surface area contributed by atoms with Gasteiger partial charge in [-0.05, 0) is 37.6 Å². The van der Waals surface area contributed by atoms with E-state index in [0.717, 1.165) is 32.4 Å². The summed E-state index contributed by atoms with van der Waals surface area (Å²) in [6, 6.07) is 5.10. The number of rotatable bonds is 4. The third-order valence-corrected chi connectivity index (χ3v) is 4.18. The van der Waals surface area contributed by atoms with E-state index in [-0.39, 0.29) is 11.3 Å². The molecule has 0 aromatic heterocycles. The number of carbonyl (C=O) groups excluding carboxylic acids is 1. The lowest BCUT2D eigenvalue weighted by atomic mass is 9.81. The number of benzene rings is 1. The molecule has 5 heteroatoms. The molecule has 2 N–H and O–H groups in total. The summed E-state index contributed by atoms with van der Waals surface area (Å²) in [5, 5.41) is 7.24. The lowest BCUT2D eigenvalue weighted by molar-refractivity contribution is -0.125. The first-order valence-electron chi connectivity index (χ1n) is 6.54. The fraction of sp³-hybridized carbons (Fsp3) is 0.500. The number of amides is 1. The Balaban J connectivity index is 2.15. The summed E-state index contributed by atoms with van der Waals surface area (Å²) in [7, 11) is 0. The summed E-state index contributed by atoms with van der Waals surface area (Å²) in [6.45, 7) is 3.72. The Morgan fingerprint density at radius 3 is 2.84 bits per heavy atom. The molecule has 1 aromatic carbocycles. The van der Waals surface area contributed by atoms with Gasteiger partial charge in [-0.2, -0.15) is 0 Å². The summed E-state index contributed by atoms with van der Waals surface area (Å²) in [5.41, 5.74) is 0.316. The van der Waals surface area contributed by atoms with E-state index in [4.69, 9.17) is 23.2 Å². The van der Waals surface area contributed by atoms with Crippen LogP contribution in [0.3, 0.4) is 0 Å². The first-order valence-corrected chi connectivity index (χ1v) is 7.30. The van der Waals surface area contributed by atoms with Crippen molar-refractivity contribution in [2.75, 3.05) is 18.4 Å². The molecule has 0 aliphatic carbocycles. The van der Waals surface area contributed by atoms with Gasteiger partial charge in [-0.3, -0.25) is 4.79 Å². The predicted molar refractivity (Wildman–Crippen MR) is 79.9 cm³/mol. The normalized spacial score (nSPS) is 22.5. The minimum absolute atomic E-state index is 0.0450. The molecule has 1 aromatic rings. The van der Waals surface area contributed by atoms with Gasteiger partial charge in [-0.15, -0.1) is 0 Å². The first kappa shape index (κ1) is 14.6. The highest BCUT2D eigenvalue weighted by Crippen LogP contribution is 2.34. The smallest absolute Gasteiger partial charge is 0.231 e. The van der Waals surface area contributed by atoms with Crippen LogP contribution in [0.25, 0.3) is 0 Å². The number of halogens is 2. The van der Waals surface area contributed by atoms with Crippen LogP contribution in [0.15, 0.2) is 18.2 Å². The third-order valence-electron chi connectivity index (χ3n) is 3.63. The van der Waals surface area contributed by atoms with Crippen LogP contribution in [0.4, 0.5) is 5.69 Å². The maximum Gasteiger partial charge on any atom is 0.231 e. The zero-order valence-electron chi connectivity index (χ0n) is 10.9. The van der Waals surface area contributed by atoms with Gasteiger partial charge in [-0.1, -0.05) is 36.5 Å². The van der Waals surface area contributed by atoms with Crippen molar-refractivity contribution in [3.8, 4) is 0 Å². The third kappa shape index (κ3) is 3.22. The zero-order chi connectivity index (χ0) is 13.9. The Morgan fingerprint density at radius 1 is 1.47 bits per heavy atom. The van der Waals surface area contributed by atoms with Gasteiger partial charge >= 0.3 is 0 Å². The molecular formula is C14H18Cl2N2O. The second-order valence-corrected chi connectivity index (χ2v) is 5.88. The predicted octanol–water partition coefficient (Wildman–Crippen LogP) is 3.71. The fourth-order valence-electron chi connectivity index (χ4n) is 2.59. The van der Waals surface area contributed by atoms with Crippen molar-refractivity contribution in [1.82, 2.24) is 5.32 Å². The van der Waals surface area contributed by atoms with Gasteiger partial charge in [0.1, 0.15) is 0 Å². The van der Waals surface area contributed by atoms with Crippen LogP contribution in [0.2, 0.25) is 10.0 Å². The molecule has 104 valence electrons. The lowest BCUT2D eigenvalue weighted by Crippen LogP contribution is -2.38. The Morgan fingerprint density at radius 2 is 2.26 bits per heavy atom. The monoisotopic (exact) mass is 300 g/mol. The Labute approximate surface area is 123 Å². The fourth-order valence-corrected chi connectivity index (χ4v) is 3.04. The summed E-state index contributed by atoms with van der Waals surface area (Å²) in [4.78, 5) is 12.5. The van der Waals surface area contributed by atoms with Crippen molar-refractivity contribution in [3.63, 3.8) is 0 Å². The second kappa shape index (κ2) is 6.12. The molecule has 1 atom stereocenters. The van der Waals surface area contributed by atoms with Crippen LogP contribution in [0, 0.1) is 5.41 Å². The number of anilines is 1. The molecule has 1 amide bonds. The molecule has 1 fully saturated rings. The summed E-state index contributed by atoms with van der Waals surface area (Å²) >= 11 is 11.9. The van der Waals surface area contributed by atoms with E-state index in [0.29, 0.717) is 15.7 Å². The quantitative estimate of drug-likeness (QED) is 0.890. The van der Waals surface area contributed by atoms with Gasteiger partial charge in [0.2, 0.25) is 5.91 Å². The van der Waals surface area contributed by atoms with Crippen molar-refractivity contribution in [3.05, 3.63) is 28.2 Å². The SMILES string of the molecule is CCCC1(C(=O)Nc2ccc(Cl)cc2Cl)CCNC1. The van der Waals surface area contributed by atoms with Gasteiger partial charge in [0.15, 0.2) is 0 Å².